The number of para-hydroxylation sites is 1. The van der Waals surface area contributed by atoms with Crippen molar-refractivity contribution in [3.63, 3.8) is 0 Å². The summed E-state index contributed by atoms with van der Waals surface area (Å²) >= 11 is 0. The first-order valence-electron chi connectivity index (χ1n) is 11.7. The Balaban J connectivity index is 1.65. The second kappa shape index (κ2) is 8.20. The van der Waals surface area contributed by atoms with Crippen LogP contribution in [-0.4, -0.2) is 36.4 Å². The van der Waals surface area contributed by atoms with Crippen LogP contribution in [0, 0.1) is 11.2 Å². The van der Waals surface area contributed by atoms with Gasteiger partial charge < -0.3 is 11.1 Å². The summed E-state index contributed by atoms with van der Waals surface area (Å²) in [6.45, 7) is 4.19. The van der Waals surface area contributed by atoms with E-state index >= 15 is 4.39 Å². The Morgan fingerprint density at radius 1 is 1.15 bits per heavy atom. The number of nitrogens with zero attached hydrogens (tertiary/aromatic N) is 1. The van der Waals surface area contributed by atoms with E-state index < -0.39 is 15.7 Å². The first-order chi connectivity index (χ1) is 16.1. The minimum atomic E-state index is -3.00. The molecule has 34 heavy (non-hydrogen) atoms. The Bertz CT molecular complexity index is 1390. The number of nitrogens with one attached hydrogen (secondary N) is 1. The third-order valence-corrected chi connectivity index (χ3v) is 8.82. The molecule has 6 nitrogen and oxygen atoms in total. The molecular formula is C26H30FN3O3S. The van der Waals surface area contributed by atoms with E-state index in [4.69, 9.17) is 5.73 Å². The van der Waals surface area contributed by atoms with Crippen molar-refractivity contribution in [1.29, 1.82) is 0 Å². The summed E-state index contributed by atoms with van der Waals surface area (Å²) in [4.78, 5) is 13.1. The number of fused-ring (bicyclic) bond motifs is 3. The van der Waals surface area contributed by atoms with E-state index in [1.165, 1.54) is 6.07 Å². The monoisotopic (exact) mass is 483 g/mol. The van der Waals surface area contributed by atoms with Gasteiger partial charge in [-0.25, -0.2) is 12.8 Å². The zero-order valence-electron chi connectivity index (χ0n) is 19.5. The lowest BCUT2D eigenvalue weighted by molar-refractivity contribution is 0.0816. The number of aromatic nitrogens is 1. The predicted octanol–water partition coefficient (Wildman–Crippen LogP) is 4.51. The van der Waals surface area contributed by atoms with Gasteiger partial charge in [-0.15, -0.1) is 0 Å². The highest BCUT2D eigenvalue weighted by Gasteiger charge is 2.35. The van der Waals surface area contributed by atoms with Gasteiger partial charge in [0.25, 0.3) is 0 Å². The highest BCUT2D eigenvalue weighted by atomic mass is 32.2. The predicted molar refractivity (Wildman–Crippen MR) is 133 cm³/mol. The molecule has 3 heterocycles. The minimum Gasteiger partial charge on any atom is -0.382 e. The standard InChI is InChI=1S/C26H30FN3O3S/c1-26(2)13-23-25(18-5-3-4-6-22(18)30(23)24(31)14-26)16-11-20(27)19(15-28)21(12-16)29-17-7-9-34(32,33)10-8-17/h3-6,11-12,17,29H,7-10,13-15,28H2,1-2H3. The molecule has 2 aromatic carbocycles. The van der Waals surface area contributed by atoms with Crippen LogP contribution in [0.25, 0.3) is 22.0 Å². The zero-order chi connectivity index (χ0) is 24.3. The van der Waals surface area contributed by atoms with E-state index in [1.807, 2.05) is 30.3 Å². The second-order valence-corrected chi connectivity index (χ2v) is 12.6. The zero-order valence-corrected chi connectivity index (χ0v) is 20.3. The van der Waals surface area contributed by atoms with Crippen molar-refractivity contribution in [3.8, 4) is 11.1 Å². The van der Waals surface area contributed by atoms with Crippen LogP contribution in [0.3, 0.4) is 0 Å². The summed E-state index contributed by atoms with van der Waals surface area (Å²) in [7, 11) is -3.00. The first-order valence-corrected chi connectivity index (χ1v) is 13.6. The van der Waals surface area contributed by atoms with Crippen molar-refractivity contribution in [1.82, 2.24) is 4.57 Å². The largest absolute Gasteiger partial charge is 0.382 e. The van der Waals surface area contributed by atoms with E-state index in [0.717, 1.165) is 22.2 Å². The van der Waals surface area contributed by atoms with E-state index in [-0.39, 0.29) is 35.4 Å². The molecule has 1 saturated heterocycles. The van der Waals surface area contributed by atoms with Crippen molar-refractivity contribution >= 4 is 32.3 Å². The fraction of sp³-hybridized carbons (Fsp3) is 0.423. The summed E-state index contributed by atoms with van der Waals surface area (Å²) < 4.78 is 40.8. The number of benzene rings is 2. The molecule has 0 aliphatic carbocycles. The van der Waals surface area contributed by atoms with E-state index in [0.29, 0.717) is 42.5 Å². The molecule has 0 amide bonds. The molecule has 1 fully saturated rings. The van der Waals surface area contributed by atoms with Gasteiger partial charge in [-0.3, -0.25) is 9.36 Å². The maximum Gasteiger partial charge on any atom is 0.231 e. The van der Waals surface area contributed by atoms with E-state index in [1.54, 1.807) is 4.57 Å². The summed E-state index contributed by atoms with van der Waals surface area (Å²) in [5.41, 5.74) is 9.97. The number of carbonyl (C=O) groups is 1. The molecule has 0 radical (unpaired) electrons. The molecule has 0 spiro atoms. The number of anilines is 1. The minimum absolute atomic E-state index is 0.0274. The lowest BCUT2D eigenvalue weighted by Gasteiger charge is -2.31. The number of halogens is 1. The summed E-state index contributed by atoms with van der Waals surface area (Å²) in [6, 6.07) is 11.1. The van der Waals surface area contributed by atoms with Gasteiger partial charge in [-0.05, 0) is 48.4 Å². The Kier molecular flexibility index (Phi) is 5.56. The van der Waals surface area contributed by atoms with Crippen molar-refractivity contribution in [2.45, 2.75) is 52.1 Å². The van der Waals surface area contributed by atoms with Crippen LogP contribution in [-0.2, 0) is 22.8 Å². The van der Waals surface area contributed by atoms with Gasteiger partial charge in [0.1, 0.15) is 15.7 Å². The molecule has 0 atom stereocenters. The van der Waals surface area contributed by atoms with Gasteiger partial charge in [0.15, 0.2) is 0 Å². The molecular weight excluding hydrogens is 453 g/mol. The summed E-state index contributed by atoms with van der Waals surface area (Å²) in [6.07, 6.45) is 2.11. The molecule has 180 valence electrons. The topological polar surface area (TPSA) is 94.2 Å². The van der Waals surface area contributed by atoms with Gasteiger partial charge in [0.05, 0.1) is 17.0 Å². The smallest absolute Gasteiger partial charge is 0.231 e. The summed E-state index contributed by atoms with van der Waals surface area (Å²) in [5.74, 6) is -0.106. The fourth-order valence-corrected chi connectivity index (χ4v) is 6.93. The van der Waals surface area contributed by atoms with Crippen LogP contribution in [0.1, 0.15) is 49.2 Å². The van der Waals surface area contributed by atoms with Gasteiger partial charge in [0.2, 0.25) is 5.91 Å². The molecule has 1 aromatic heterocycles. The van der Waals surface area contributed by atoms with Crippen LogP contribution in [0.4, 0.5) is 10.1 Å². The normalized spacial score (nSPS) is 19.8. The van der Waals surface area contributed by atoms with Crippen molar-refractivity contribution in [2.75, 3.05) is 16.8 Å². The molecule has 5 rings (SSSR count). The Morgan fingerprint density at radius 3 is 2.56 bits per heavy atom. The number of carbonyl (C=O) groups excluding carboxylic acids is 1. The fourth-order valence-electron chi connectivity index (χ4n) is 5.44. The third kappa shape index (κ3) is 4.03. The molecule has 2 aliphatic heterocycles. The average Bonchev–Trinajstić information content (AvgIpc) is 3.08. The average molecular weight is 484 g/mol. The van der Waals surface area contributed by atoms with Crippen molar-refractivity contribution in [2.24, 2.45) is 11.1 Å². The number of nitrogens with two attached hydrogens (primary N) is 1. The summed E-state index contributed by atoms with van der Waals surface area (Å²) in [5, 5.41) is 4.29. The Hall–Kier alpha value is -2.71. The maximum absolute atomic E-state index is 15.4. The molecule has 0 bridgehead atoms. The third-order valence-electron chi connectivity index (χ3n) is 7.10. The number of rotatable bonds is 4. The van der Waals surface area contributed by atoms with Crippen molar-refractivity contribution in [3.05, 3.63) is 53.5 Å². The lowest BCUT2D eigenvalue weighted by Crippen LogP contribution is -2.32. The van der Waals surface area contributed by atoms with Crippen LogP contribution in [0.15, 0.2) is 36.4 Å². The number of sulfone groups is 1. The molecule has 3 aromatic rings. The lowest BCUT2D eigenvalue weighted by atomic mass is 9.80. The SMILES string of the molecule is CC1(C)CC(=O)n2c(c(-c3cc(F)c(CN)c(NC4CCS(=O)(=O)CC4)c3)c3ccccc32)C1. The Morgan fingerprint density at radius 2 is 1.85 bits per heavy atom. The number of hydrogen-bond acceptors (Lipinski definition) is 5. The van der Waals surface area contributed by atoms with Gasteiger partial charge in [0, 0.05) is 46.9 Å². The maximum atomic E-state index is 15.4. The van der Waals surface area contributed by atoms with Gasteiger partial charge in [-0.2, -0.15) is 0 Å². The molecule has 0 saturated carbocycles. The molecule has 3 N–H and O–H groups in total. The van der Waals surface area contributed by atoms with Crippen LogP contribution < -0.4 is 11.1 Å². The highest BCUT2D eigenvalue weighted by molar-refractivity contribution is 7.91. The van der Waals surface area contributed by atoms with Crippen LogP contribution >= 0.6 is 0 Å². The Labute approximate surface area is 199 Å². The number of hydrogen-bond donors (Lipinski definition) is 2. The first kappa shape index (κ1) is 23.1. The van der Waals surface area contributed by atoms with Crippen LogP contribution in [0.5, 0.6) is 0 Å². The van der Waals surface area contributed by atoms with Gasteiger partial charge >= 0.3 is 0 Å². The molecule has 8 heteroatoms. The second-order valence-electron chi connectivity index (χ2n) is 10.3. The van der Waals surface area contributed by atoms with Crippen molar-refractivity contribution < 1.29 is 17.6 Å². The molecule has 0 unspecified atom stereocenters. The van der Waals surface area contributed by atoms with Gasteiger partial charge in [-0.1, -0.05) is 32.0 Å². The molecule has 2 aliphatic rings. The van der Waals surface area contributed by atoms with E-state index in [2.05, 4.69) is 19.2 Å². The quantitative estimate of drug-likeness (QED) is 0.570. The van der Waals surface area contributed by atoms with Crippen LogP contribution in [0.2, 0.25) is 0 Å². The highest BCUT2D eigenvalue weighted by Crippen LogP contribution is 2.43. The van der Waals surface area contributed by atoms with E-state index in [9.17, 15) is 13.2 Å².